The number of thiazole rings is 1. The highest BCUT2D eigenvalue weighted by Crippen LogP contribution is 2.26. The largest absolute Gasteiger partial charge is 0.372 e. The number of rotatable bonds is 14. The Hall–Kier alpha value is -4.22. The summed E-state index contributed by atoms with van der Waals surface area (Å²) in [4.78, 5) is 36.1. The van der Waals surface area contributed by atoms with E-state index in [1.165, 1.54) is 23.5 Å². The lowest BCUT2D eigenvalue weighted by Gasteiger charge is -2.24. The molecule has 16 heteroatoms. The van der Waals surface area contributed by atoms with E-state index in [1.54, 1.807) is 24.3 Å². The van der Waals surface area contributed by atoms with Crippen molar-refractivity contribution >= 4 is 59.2 Å². The van der Waals surface area contributed by atoms with Gasteiger partial charge in [-0.15, -0.1) is 11.3 Å². The van der Waals surface area contributed by atoms with Crippen LogP contribution in [0.1, 0.15) is 40.2 Å². The molecule has 2 heterocycles. The molecule has 1 aliphatic heterocycles. The van der Waals surface area contributed by atoms with Gasteiger partial charge in [0, 0.05) is 19.5 Å². The van der Waals surface area contributed by atoms with Gasteiger partial charge in [0.15, 0.2) is 5.01 Å². The summed E-state index contributed by atoms with van der Waals surface area (Å²) >= 11 is 1.19. The van der Waals surface area contributed by atoms with Crippen LogP contribution >= 0.6 is 11.3 Å². The lowest BCUT2D eigenvalue weighted by molar-refractivity contribution is -0.124. The van der Waals surface area contributed by atoms with E-state index in [2.05, 4.69) is 20.0 Å². The highest BCUT2D eigenvalue weighted by atomic mass is 32.2. The second kappa shape index (κ2) is 15.6. The van der Waals surface area contributed by atoms with E-state index in [0.717, 1.165) is 26.4 Å². The number of carbonyl (C=O) groups is 2. The fourth-order valence-electron chi connectivity index (χ4n) is 5.39. The first-order chi connectivity index (χ1) is 23.3. The van der Waals surface area contributed by atoms with E-state index in [1.807, 2.05) is 49.4 Å². The Labute approximate surface area is 289 Å². The molecule has 0 aliphatic carbocycles. The van der Waals surface area contributed by atoms with E-state index < -0.39 is 49.9 Å². The number of ether oxygens (including phenoxy) is 1. The molecule has 5 rings (SSSR count). The fraction of sp³-hybridized carbons (Fsp3) is 0.333. The Kier molecular flexibility index (Phi) is 11.4. The molecule has 49 heavy (non-hydrogen) atoms. The minimum Gasteiger partial charge on any atom is -0.372 e. The number of guanidine groups is 1. The molecule has 4 aromatic rings. The molecule has 1 amide bonds. The van der Waals surface area contributed by atoms with E-state index in [9.17, 15) is 26.4 Å². The number of nitrogens with zero attached hydrogens (tertiary/aromatic N) is 3. The molecule has 1 fully saturated rings. The van der Waals surface area contributed by atoms with Crippen molar-refractivity contribution in [2.45, 2.75) is 55.9 Å². The van der Waals surface area contributed by atoms with Gasteiger partial charge in [0.2, 0.25) is 27.7 Å². The minimum absolute atomic E-state index is 0.00722. The Morgan fingerprint density at radius 2 is 1.73 bits per heavy atom. The SMILES string of the molecule is Cc1ccc(S(=O)(=O)NC(N)=NCCCC(NC(=O)[C@@H]2C[C@@H](OCc3ccccc3)CN2S(C)(=O)=O)C(=O)c2nc3ccccc3s2)cc1. The van der Waals surface area contributed by atoms with Crippen LogP contribution in [0.4, 0.5) is 0 Å². The molecule has 1 saturated heterocycles. The quantitative estimate of drug-likeness (QED) is 0.0759. The minimum atomic E-state index is -3.95. The number of para-hydroxylation sites is 1. The van der Waals surface area contributed by atoms with Crippen LogP contribution < -0.4 is 15.8 Å². The van der Waals surface area contributed by atoms with Gasteiger partial charge in [-0.25, -0.2) is 26.5 Å². The van der Waals surface area contributed by atoms with Crippen LogP contribution in [0, 0.1) is 6.92 Å². The van der Waals surface area contributed by atoms with Gasteiger partial charge in [0.25, 0.3) is 10.0 Å². The molecule has 13 nitrogen and oxygen atoms in total. The smallest absolute Gasteiger partial charge is 0.264 e. The zero-order valence-electron chi connectivity index (χ0n) is 27.0. The predicted octanol–water partition coefficient (Wildman–Crippen LogP) is 2.96. The van der Waals surface area contributed by atoms with Crippen molar-refractivity contribution in [2.75, 3.05) is 19.3 Å². The van der Waals surface area contributed by atoms with Crippen molar-refractivity contribution in [3.8, 4) is 0 Å². The molecular weight excluding hydrogens is 689 g/mol. The van der Waals surface area contributed by atoms with E-state index in [-0.39, 0.29) is 54.8 Å². The lowest BCUT2D eigenvalue weighted by Crippen LogP contribution is -2.50. The molecule has 1 aliphatic rings. The van der Waals surface area contributed by atoms with Gasteiger partial charge in [-0.2, -0.15) is 4.31 Å². The van der Waals surface area contributed by atoms with Crippen LogP contribution in [-0.4, -0.2) is 81.3 Å². The number of aromatic nitrogens is 1. The molecule has 260 valence electrons. The van der Waals surface area contributed by atoms with Crippen LogP contribution in [0.5, 0.6) is 0 Å². The maximum absolute atomic E-state index is 13.8. The molecule has 3 atom stereocenters. The zero-order chi connectivity index (χ0) is 35.2. The van der Waals surface area contributed by atoms with Crippen LogP contribution in [0.3, 0.4) is 0 Å². The summed E-state index contributed by atoms with van der Waals surface area (Å²) in [6, 6.07) is 20.8. The van der Waals surface area contributed by atoms with E-state index in [0.29, 0.717) is 5.52 Å². The number of hydrogen-bond donors (Lipinski definition) is 3. The van der Waals surface area contributed by atoms with Crippen molar-refractivity contribution in [2.24, 2.45) is 10.7 Å². The van der Waals surface area contributed by atoms with Gasteiger partial charge in [-0.1, -0.05) is 60.2 Å². The van der Waals surface area contributed by atoms with Gasteiger partial charge in [-0.3, -0.25) is 14.6 Å². The maximum Gasteiger partial charge on any atom is 0.264 e. The third kappa shape index (κ3) is 9.48. The summed E-state index contributed by atoms with van der Waals surface area (Å²) in [6.45, 7) is 2.12. The molecule has 0 radical (unpaired) electrons. The third-order valence-corrected chi connectivity index (χ3v) is 11.6. The summed E-state index contributed by atoms with van der Waals surface area (Å²) in [5.74, 6) is -1.40. The first-order valence-electron chi connectivity index (χ1n) is 15.5. The number of Topliss-reactive ketones (excluding diaryl/α,β-unsaturated/α-hetero) is 1. The topological polar surface area (TPSA) is 190 Å². The highest BCUT2D eigenvalue weighted by Gasteiger charge is 2.43. The fourth-order valence-corrected chi connectivity index (χ4v) is 8.38. The predicted molar refractivity (Wildman–Crippen MR) is 188 cm³/mol. The average Bonchev–Trinajstić information content (AvgIpc) is 3.71. The van der Waals surface area contributed by atoms with Crippen molar-refractivity contribution in [1.82, 2.24) is 19.3 Å². The van der Waals surface area contributed by atoms with Crippen molar-refractivity contribution in [3.63, 3.8) is 0 Å². The Bertz CT molecular complexity index is 2000. The van der Waals surface area contributed by atoms with Crippen LogP contribution in [-0.2, 0) is 36.2 Å². The number of ketones is 1. The summed E-state index contributed by atoms with van der Waals surface area (Å²) in [7, 11) is -7.74. The third-order valence-electron chi connectivity index (χ3n) is 7.92. The zero-order valence-corrected chi connectivity index (χ0v) is 29.4. The molecular formula is C33H38N6O7S3. The number of sulfonamides is 2. The number of benzene rings is 3. The molecule has 1 unspecified atom stereocenters. The van der Waals surface area contributed by atoms with Gasteiger partial charge in [0.1, 0.15) is 6.04 Å². The number of hydrogen-bond acceptors (Lipinski definition) is 10. The second-order valence-corrected chi connectivity index (χ2v) is 16.4. The number of aliphatic imine (C=N–C) groups is 1. The number of nitrogens with one attached hydrogen (secondary N) is 2. The summed E-state index contributed by atoms with van der Waals surface area (Å²) in [5, 5.41) is 2.97. The Morgan fingerprint density at radius 1 is 1.04 bits per heavy atom. The summed E-state index contributed by atoms with van der Waals surface area (Å²) < 4.78 is 60.9. The standard InChI is InChI=1S/C33H38N6O7S3/c1-22-14-16-25(17-15-22)49(44,45)38-33(34)35-18-8-12-27(30(40)32-37-26-11-6-7-13-29(26)47-32)36-31(41)28-19-24(20-39(28)48(2,42)43)46-21-23-9-4-3-5-10-23/h3-7,9-11,13-17,24,27-28H,8,12,18-21H2,1-2H3,(H,36,41)(H3,34,35,38)/t24-,27?,28+/m1/s1. The number of amides is 1. The van der Waals surface area contributed by atoms with Crippen molar-refractivity contribution < 1.29 is 31.2 Å². The summed E-state index contributed by atoms with van der Waals surface area (Å²) in [5.41, 5.74) is 8.32. The number of nitrogens with two attached hydrogens (primary N) is 1. The first kappa shape index (κ1) is 36.1. The van der Waals surface area contributed by atoms with E-state index >= 15 is 0 Å². The number of fused-ring (bicyclic) bond motifs is 1. The normalized spacial score (nSPS) is 18.0. The average molecular weight is 727 g/mol. The summed E-state index contributed by atoms with van der Waals surface area (Å²) in [6.07, 6.45) is 0.936. The van der Waals surface area contributed by atoms with Gasteiger partial charge in [-0.05, 0) is 49.6 Å². The Balaban J connectivity index is 1.28. The lowest BCUT2D eigenvalue weighted by atomic mass is 10.1. The second-order valence-electron chi connectivity index (χ2n) is 11.7. The van der Waals surface area contributed by atoms with Crippen LogP contribution in [0.15, 0.2) is 88.8 Å². The monoisotopic (exact) mass is 726 g/mol. The highest BCUT2D eigenvalue weighted by molar-refractivity contribution is 7.90. The van der Waals surface area contributed by atoms with Gasteiger partial charge in [0.05, 0.1) is 40.1 Å². The molecule has 0 bridgehead atoms. The van der Waals surface area contributed by atoms with Crippen molar-refractivity contribution in [3.05, 3.63) is 95.0 Å². The maximum atomic E-state index is 13.8. The molecule has 1 aromatic heterocycles. The van der Waals surface area contributed by atoms with Crippen LogP contribution in [0.25, 0.3) is 10.2 Å². The molecule has 0 spiro atoms. The molecule has 3 aromatic carbocycles. The number of aryl methyl sites for hydroxylation is 1. The molecule has 0 saturated carbocycles. The van der Waals surface area contributed by atoms with Gasteiger partial charge < -0.3 is 15.8 Å². The van der Waals surface area contributed by atoms with E-state index in [4.69, 9.17) is 10.5 Å². The number of carbonyl (C=O) groups excluding carboxylic acids is 2. The van der Waals surface area contributed by atoms with Crippen molar-refractivity contribution in [1.29, 1.82) is 0 Å². The first-order valence-corrected chi connectivity index (χ1v) is 19.7. The van der Waals surface area contributed by atoms with Crippen LogP contribution in [0.2, 0.25) is 0 Å². The van der Waals surface area contributed by atoms with Gasteiger partial charge >= 0.3 is 0 Å². The Morgan fingerprint density at radius 3 is 2.43 bits per heavy atom. The molecule has 4 N–H and O–H groups in total.